The molecule has 3 aromatic rings. The predicted molar refractivity (Wildman–Crippen MR) is 84.8 cm³/mol. The molecule has 2 N–H and O–H groups in total. The zero-order valence-corrected chi connectivity index (χ0v) is 12.4. The third-order valence-electron chi connectivity index (χ3n) is 3.43. The second kappa shape index (κ2) is 5.37. The molecule has 0 aliphatic heterocycles. The number of benzene rings is 2. The minimum atomic E-state index is -0.314. The fraction of sp³-hybridized carbons (Fsp3) is 0.188. The van der Waals surface area contributed by atoms with Crippen LogP contribution in [0.1, 0.15) is 13.3 Å². The summed E-state index contributed by atoms with van der Waals surface area (Å²) < 4.78 is 16.0. The van der Waals surface area contributed by atoms with Gasteiger partial charge >= 0.3 is 0 Å². The number of rotatable bonds is 3. The Morgan fingerprint density at radius 3 is 2.81 bits per heavy atom. The predicted octanol–water partition coefficient (Wildman–Crippen LogP) is 4.49. The number of halogens is 2. The summed E-state index contributed by atoms with van der Waals surface area (Å²) in [5.41, 5.74) is 8.36. The maximum Gasteiger partial charge on any atom is 0.151 e. The number of imidazole rings is 1. The zero-order chi connectivity index (χ0) is 15.0. The van der Waals surface area contributed by atoms with Crippen LogP contribution >= 0.6 is 11.6 Å². The Morgan fingerprint density at radius 1 is 1.29 bits per heavy atom. The molecule has 3 nitrogen and oxygen atoms in total. The number of nitrogens with zero attached hydrogens (tertiary/aromatic N) is 2. The maximum atomic E-state index is 14.0. The number of para-hydroxylation sites is 1. The Hall–Kier alpha value is -2.07. The molecule has 0 saturated carbocycles. The zero-order valence-electron chi connectivity index (χ0n) is 11.6. The fourth-order valence-corrected chi connectivity index (χ4v) is 2.58. The van der Waals surface area contributed by atoms with E-state index in [-0.39, 0.29) is 5.82 Å². The molecule has 0 amide bonds. The molecule has 1 aromatic heterocycles. The lowest BCUT2D eigenvalue weighted by molar-refractivity contribution is 0.637. The van der Waals surface area contributed by atoms with E-state index in [1.807, 2.05) is 16.7 Å². The van der Waals surface area contributed by atoms with Gasteiger partial charge in [0.25, 0.3) is 0 Å². The first-order chi connectivity index (χ1) is 10.1. The number of anilines is 1. The van der Waals surface area contributed by atoms with E-state index < -0.39 is 0 Å². The van der Waals surface area contributed by atoms with Crippen LogP contribution in [0.25, 0.3) is 22.4 Å². The summed E-state index contributed by atoms with van der Waals surface area (Å²) in [6.45, 7) is 2.84. The molecular formula is C16H15ClFN3. The number of fused-ring (bicyclic) bond motifs is 1. The number of aryl methyl sites for hydroxylation is 1. The number of hydrogen-bond acceptors (Lipinski definition) is 2. The van der Waals surface area contributed by atoms with E-state index in [9.17, 15) is 4.39 Å². The normalized spacial score (nSPS) is 11.2. The van der Waals surface area contributed by atoms with Crippen molar-refractivity contribution >= 4 is 28.3 Å². The van der Waals surface area contributed by atoms with Gasteiger partial charge in [-0.15, -0.1) is 0 Å². The van der Waals surface area contributed by atoms with Crippen LogP contribution in [-0.4, -0.2) is 9.55 Å². The van der Waals surface area contributed by atoms with Crippen molar-refractivity contribution in [2.75, 3.05) is 5.73 Å². The average molecular weight is 304 g/mol. The molecule has 0 atom stereocenters. The third-order valence-corrected chi connectivity index (χ3v) is 3.78. The maximum absolute atomic E-state index is 14.0. The minimum absolute atomic E-state index is 0.314. The van der Waals surface area contributed by atoms with Crippen LogP contribution in [0.2, 0.25) is 5.02 Å². The lowest BCUT2D eigenvalue weighted by Crippen LogP contribution is -2.00. The molecule has 0 fully saturated rings. The summed E-state index contributed by atoms with van der Waals surface area (Å²) in [7, 11) is 0. The van der Waals surface area contributed by atoms with E-state index >= 15 is 0 Å². The summed E-state index contributed by atoms with van der Waals surface area (Å²) in [5.74, 6) is 0.394. The van der Waals surface area contributed by atoms with Gasteiger partial charge in [0.15, 0.2) is 5.82 Å². The smallest absolute Gasteiger partial charge is 0.151 e. The molecule has 21 heavy (non-hydrogen) atoms. The molecular weight excluding hydrogens is 289 g/mol. The Kier molecular flexibility index (Phi) is 3.55. The number of nitrogens with two attached hydrogens (primary N) is 1. The van der Waals surface area contributed by atoms with E-state index in [1.165, 1.54) is 6.07 Å². The van der Waals surface area contributed by atoms with Gasteiger partial charge in [-0.25, -0.2) is 9.37 Å². The van der Waals surface area contributed by atoms with E-state index in [4.69, 9.17) is 17.3 Å². The Morgan fingerprint density at radius 2 is 2.10 bits per heavy atom. The molecule has 0 saturated heterocycles. The summed E-state index contributed by atoms with van der Waals surface area (Å²) in [4.78, 5) is 4.46. The van der Waals surface area contributed by atoms with Crippen LogP contribution in [0.4, 0.5) is 10.1 Å². The number of nitrogen functional groups attached to an aromatic ring is 1. The molecule has 3 rings (SSSR count). The van der Waals surface area contributed by atoms with Crippen molar-refractivity contribution in [1.29, 1.82) is 0 Å². The standard InChI is InChI=1S/C16H15ClFN3/c1-2-8-21-14-5-3-4-12(18)15(14)20-16(21)10-6-7-11(17)13(19)9-10/h3-7,9H,2,8,19H2,1H3. The molecule has 0 aliphatic rings. The highest BCUT2D eigenvalue weighted by atomic mass is 35.5. The number of aromatic nitrogens is 2. The molecule has 0 bridgehead atoms. The minimum Gasteiger partial charge on any atom is -0.398 e. The Balaban J connectivity index is 2.27. The van der Waals surface area contributed by atoms with Gasteiger partial charge in [0.1, 0.15) is 11.3 Å². The fourth-order valence-electron chi connectivity index (χ4n) is 2.47. The van der Waals surface area contributed by atoms with Gasteiger partial charge in [-0.3, -0.25) is 0 Å². The van der Waals surface area contributed by atoms with Crippen LogP contribution in [0.5, 0.6) is 0 Å². The van der Waals surface area contributed by atoms with Crippen LogP contribution in [-0.2, 0) is 6.54 Å². The summed E-state index contributed by atoms with van der Waals surface area (Å²) in [6.07, 6.45) is 0.929. The Labute approximate surface area is 127 Å². The average Bonchev–Trinajstić information content (AvgIpc) is 2.83. The molecule has 2 aromatic carbocycles. The first kappa shape index (κ1) is 13.9. The van der Waals surface area contributed by atoms with Gasteiger partial charge in [0.2, 0.25) is 0 Å². The second-order valence-corrected chi connectivity index (χ2v) is 5.34. The first-order valence-corrected chi connectivity index (χ1v) is 7.19. The van der Waals surface area contributed by atoms with Crippen LogP contribution in [0.3, 0.4) is 0 Å². The van der Waals surface area contributed by atoms with Crippen molar-refractivity contribution in [1.82, 2.24) is 9.55 Å². The molecule has 0 aliphatic carbocycles. The molecule has 108 valence electrons. The summed E-state index contributed by atoms with van der Waals surface area (Å²) in [6, 6.07) is 10.4. The second-order valence-electron chi connectivity index (χ2n) is 4.93. The van der Waals surface area contributed by atoms with Gasteiger partial charge in [-0.1, -0.05) is 24.6 Å². The van der Waals surface area contributed by atoms with Crippen LogP contribution < -0.4 is 5.73 Å². The van der Waals surface area contributed by atoms with Crippen LogP contribution in [0, 0.1) is 5.82 Å². The van der Waals surface area contributed by atoms with Crippen molar-refractivity contribution in [3.63, 3.8) is 0 Å². The summed E-state index contributed by atoms with van der Waals surface area (Å²) >= 11 is 5.96. The first-order valence-electron chi connectivity index (χ1n) is 6.82. The lowest BCUT2D eigenvalue weighted by Gasteiger charge is -2.08. The quantitative estimate of drug-likeness (QED) is 0.725. The van der Waals surface area contributed by atoms with E-state index in [1.54, 1.807) is 18.2 Å². The Bertz CT molecular complexity index is 811. The van der Waals surface area contributed by atoms with E-state index in [0.29, 0.717) is 22.1 Å². The highest BCUT2D eigenvalue weighted by molar-refractivity contribution is 6.33. The molecule has 1 heterocycles. The van der Waals surface area contributed by atoms with Crippen LogP contribution in [0.15, 0.2) is 36.4 Å². The van der Waals surface area contributed by atoms with Crippen molar-refractivity contribution in [3.05, 3.63) is 47.2 Å². The van der Waals surface area contributed by atoms with Crippen molar-refractivity contribution in [3.8, 4) is 11.4 Å². The SMILES string of the molecule is CCCn1c(-c2ccc(Cl)c(N)c2)nc2c(F)cccc21. The van der Waals surface area contributed by atoms with E-state index in [0.717, 1.165) is 24.0 Å². The van der Waals surface area contributed by atoms with Crippen molar-refractivity contribution < 1.29 is 4.39 Å². The van der Waals surface area contributed by atoms with Gasteiger partial charge in [-0.05, 0) is 36.8 Å². The van der Waals surface area contributed by atoms with Crippen molar-refractivity contribution in [2.24, 2.45) is 0 Å². The monoisotopic (exact) mass is 303 g/mol. The van der Waals surface area contributed by atoms with Gasteiger partial charge < -0.3 is 10.3 Å². The summed E-state index contributed by atoms with van der Waals surface area (Å²) in [5, 5.41) is 0.503. The lowest BCUT2D eigenvalue weighted by atomic mass is 10.2. The topological polar surface area (TPSA) is 43.8 Å². The molecule has 0 spiro atoms. The van der Waals surface area contributed by atoms with Gasteiger partial charge in [-0.2, -0.15) is 0 Å². The van der Waals surface area contributed by atoms with Gasteiger partial charge in [0.05, 0.1) is 16.2 Å². The molecule has 0 unspecified atom stereocenters. The molecule has 5 heteroatoms. The van der Waals surface area contributed by atoms with E-state index in [2.05, 4.69) is 11.9 Å². The molecule has 0 radical (unpaired) electrons. The van der Waals surface area contributed by atoms with Gasteiger partial charge in [0, 0.05) is 12.1 Å². The van der Waals surface area contributed by atoms with Crippen molar-refractivity contribution in [2.45, 2.75) is 19.9 Å². The highest BCUT2D eigenvalue weighted by Crippen LogP contribution is 2.30. The number of hydrogen-bond donors (Lipinski definition) is 1. The third kappa shape index (κ3) is 2.36. The highest BCUT2D eigenvalue weighted by Gasteiger charge is 2.15. The largest absolute Gasteiger partial charge is 0.398 e.